The molecule has 1 aliphatic rings. The summed E-state index contributed by atoms with van der Waals surface area (Å²) in [4.78, 5) is 22.6. The molecule has 1 aromatic heterocycles. The van der Waals surface area contributed by atoms with Crippen LogP contribution in [0.3, 0.4) is 0 Å². The van der Waals surface area contributed by atoms with Gasteiger partial charge in [-0.25, -0.2) is 0 Å². The average Bonchev–Trinajstić information content (AvgIpc) is 2.49. The number of hydrogen-bond acceptors (Lipinski definition) is 4. The Morgan fingerprint density at radius 3 is 2.41 bits per heavy atom. The van der Waals surface area contributed by atoms with Crippen LogP contribution in [0.15, 0.2) is 24.5 Å². The van der Waals surface area contributed by atoms with Crippen LogP contribution in [0.4, 0.5) is 0 Å². The van der Waals surface area contributed by atoms with Gasteiger partial charge in [-0.15, -0.1) is 0 Å². The van der Waals surface area contributed by atoms with E-state index in [0.29, 0.717) is 6.04 Å². The topological polar surface area (TPSA) is 39.7 Å². The maximum absolute atomic E-state index is 11.9. The Hall–Kier alpha value is -1.46. The largest absolute Gasteiger partial charge is 0.339 e. The lowest BCUT2D eigenvalue weighted by Crippen LogP contribution is -2.48. The third-order valence-corrected chi connectivity index (χ3v) is 4.35. The van der Waals surface area contributed by atoms with E-state index in [2.05, 4.69) is 45.9 Å². The quantitative estimate of drug-likeness (QED) is 0.798. The molecule has 0 bridgehead atoms. The minimum atomic E-state index is 0.203. The molecule has 1 amide bonds. The van der Waals surface area contributed by atoms with Crippen molar-refractivity contribution in [2.24, 2.45) is 0 Å². The van der Waals surface area contributed by atoms with Crippen molar-refractivity contribution in [3.8, 4) is 0 Å². The van der Waals surface area contributed by atoms with Crippen LogP contribution in [0, 0.1) is 0 Å². The molecule has 122 valence electrons. The molecule has 0 atom stereocenters. The maximum Gasteiger partial charge on any atom is 0.219 e. The van der Waals surface area contributed by atoms with Crippen LogP contribution in [-0.2, 0) is 11.3 Å². The van der Waals surface area contributed by atoms with Crippen molar-refractivity contribution in [3.05, 3.63) is 30.1 Å². The first kappa shape index (κ1) is 16.9. The molecule has 0 radical (unpaired) electrons. The van der Waals surface area contributed by atoms with E-state index in [9.17, 15) is 4.79 Å². The second-order valence-corrected chi connectivity index (χ2v) is 6.38. The van der Waals surface area contributed by atoms with E-state index in [1.807, 2.05) is 12.4 Å². The zero-order valence-corrected chi connectivity index (χ0v) is 14.0. The Balaban J connectivity index is 1.83. The fourth-order valence-corrected chi connectivity index (χ4v) is 3.04. The molecule has 0 unspecified atom stereocenters. The molecule has 1 aromatic rings. The number of piperidine rings is 1. The van der Waals surface area contributed by atoms with Crippen LogP contribution >= 0.6 is 0 Å². The Morgan fingerprint density at radius 1 is 1.23 bits per heavy atom. The minimum absolute atomic E-state index is 0.203. The van der Waals surface area contributed by atoms with E-state index in [-0.39, 0.29) is 5.91 Å². The zero-order chi connectivity index (χ0) is 15.9. The Morgan fingerprint density at radius 2 is 1.86 bits per heavy atom. The summed E-state index contributed by atoms with van der Waals surface area (Å²) in [7, 11) is 4.10. The van der Waals surface area contributed by atoms with Gasteiger partial charge in [-0.2, -0.15) is 0 Å². The van der Waals surface area contributed by atoms with Gasteiger partial charge in [-0.3, -0.25) is 14.7 Å². The molecule has 1 fully saturated rings. The van der Waals surface area contributed by atoms with Gasteiger partial charge in [-0.1, -0.05) is 0 Å². The van der Waals surface area contributed by atoms with Crippen LogP contribution in [0.1, 0.15) is 25.3 Å². The van der Waals surface area contributed by atoms with Gasteiger partial charge in [-0.05, 0) is 44.6 Å². The van der Waals surface area contributed by atoms with E-state index in [0.717, 1.165) is 45.6 Å². The molecule has 0 aliphatic carbocycles. The molecule has 0 aromatic carbocycles. The minimum Gasteiger partial charge on any atom is -0.339 e. The summed E-state index contributed by atoms with van der Waals surface area (Å²) in [6.45, 7) is 6.54. The first-order valence-electron chi connectivity index (χ1n) is 8.09. The Bertz CT molecular complexity index is 455. The second kappa shape index (κ2) is 8.25. The number of aromatic nitrogens is 1. The summed E-state index contributed by atoms with van der Waals surface area (Å²) in [5, 5.41) is 0. The number of pyridine rings is 1. The molecule has 2 heterocycles. The molecule has 0 N–H and O–H groups in total. The van der Waals surface area contributed by atoms with Crippen LogP contribution < -0.4 is 0 Å². The van der Waals surface area contributed by atoms with Crippen molar-refractivity contribution in [1.29, 1.82) is 0 Å². The smallest absolute Gasteiger partial charge is 0.219 e. The van der Waals surface area contributed by atoms with Gasteiger partial charge in [0.25, 0.3) is 0 Å². The monoisotopic (exact) mass is 304 g/mol. The van der Waals surface area contributed by atoms with Crippen molar-refractivity contribution >= 4 is 5.91 Å². The fraction of sp³-hybridized carbons (Fsp3) is 0.647. The Labute approximate surface area is 133 Å². The highest BCUT2D eigenvalue weighted by Crippen LogP contribution is 2.18. The van der Waals surface area contributed by atoms with Gasteiger partial charge in [0.2, 0.25) is 5.91 Å². The average molecular weight is 304 g/mol. The summed E-state index contributed by atoms with van der Waals surface area (Å²) in [5.41, 5.74) is 1.31. The lowest BCUT2D eigenvalue weighted by atomic mass is 10.0. The van der Waals surface area contributed by atoms with Crippen molar-refractivity contribution in [1.82, 2.24) is 19.7 Å². The third kappa shape index (κ3) is 5.07. The molecule has 2 rings (SSSR count). The fourth-order valence-electron chi connectivity index (χ4n) is 3.04. The van der Waals surface area contributed by atoms with Crippen molar-refractivity contribution in [3.63, 3.8) is 0 Å². The van der Waals surface area contributed by atoms with E-state index < -0.39 is 0 Å². The van der Waals surface area contributed by atoms with Gasteiger partial charge >= 0.3 is 0 Å². The second-order valence-electron chi connectivity index (χ2n) is 6.38. The zero-order valence-electron chi connectivity index (χ0n) is 14.0. The third-order valence-electron chi connectivity index (χ3n) is 4.35. The summed E-state index contributed by atoms with van der Waals surface area (Å²) < 4.78 is 0. The standard InChI is InChI=1S/C17H28N4O/c1-15(22)21(13-12-19(2)3)17-6-10-20(11-7-17)14-16-4-8-18-9-5-16/h4-5,8-9,17H,6-7,10-14H2,1-3H3. The summed E-state index contributed by atoms with van der Waals surface area (Å²) in [5.74, 6) is 0.203. The number of nitrogens with zero attached hydrogens (tertiary/aromatic N) is 4. The SMILES string of the molecule is CC(=O)N(CCN(C)C)C1CCN(Cc2ccncc2)CC1. The van der Waals surface area contributed by atoms with E-state index in [4.69, 9.17) is 0 Å². The van der Waals surface area contributed by atoms with Gasteiger partial charge < -0.3 is 9.80 Å². The molecular weight excluding hydrogens is 276 g/mol. The highest BCUT2D eigenvalue weighted by atomic mass is 16.2. The highest BCUT2D eigenvalue weighted by molar-refractivity contribution is 5.73. The molecule has 0 spiro atoms. The highest BCUT2D eigenvalue weighted by Gasteiger charge is 2.26. The van der Waals surface area contributed by atoms with Gasteiger partial charge in [0.05, 0.1) is 0 Å². The van der Waals surface area contributed by atoms with Crippen LogP contribution in [-0.4, -0.2) is 71.9 Å². The van der Waals surface area contributed by atoms with Crippen LogP contribution in [0.25, 0.3) is 0 Å². The number of likely N-dealkylation sites (N-methyl/N-ethyl adjacent to an activating group) is 1. The maximum atomic E-state index is 11.9. The summed E-state index contributed by atoms with van der Waals surface area (Å²) in [6, 6.07) is 4.54. The molecule has 1 aliphatic heterocycles. The molecule has 5 heteroatoms. The first-order chi connectivity index (χ1) is 10.6. The van der Waals surface area contributed by atoms with Gasteiger partial charge in [0.1, 0.15) is 0 Å². The van der Waals surface area contributed by atoms with Crippen LogP contribution in [0.5, 0.6) is 0 Å². The molecule has 0 saturated carbocycles. The molecule has 5 nitrogen and oxygen atoms in total. The van der Waals surface area contributed by atoms with Crippen LogP contribution in [0.2, 0.25) is 0 Å². The van der Waals surface area contributed by atoms with Crippen molar-refractivity contribution < 1.29 is 4.79 Å². The predicted octanol–water partition coefficient (Wildman–Crippen LogP) is 1.46. The van der Waals surface area contributed by atoms with E-state index in [1.54, 1.807) is 6.92 Å². The lowest BCUT2D eigenvalue weighted by Gasteiger charge is -2.38. The number of carbonyl (C=O) groups is 1. The first-order valence-corrected chi connectivity index (χ1v) is 8.09. The number of likely N-dealkylation sites (tertiary alicyclic amines) is 1. The van der Waals surface area contributed by atoms with Crippen molar-refractivity contribution in [2.45, 2.75) is 32.4 Å². The number of carbonyl (C=O) groups excluding carboxylic acids is 1. The molecular formula is C17H28N4O. The lowest BCUT2D eigenvalue weighted by molar-refractivity contribution is -0.132. The number of rotatable bonds is 6. The van der Waals surface area contributed by atoms with Gasteiger partial charge in [0.15, 0.2) is 0 Å². The Kier molecular flexibility index (Phi) is 6.34. The summed E-state index contributed by atoms with van der Waals surface area (Å²) >= 11 is 0. The normalized spacial score (nSPS) is 16.9. The molecule has 1 saturated heterocycles. The van der Waals surface area contributed by atoms with Gasteiger partial charge in [0, 0.05) is 58.1 Å². The van der Waals surface area contributed by atoms with E-state index in [1.165, 1.54) is 5.56 Å². The molecule has 22 heavy (non-hydrogen) atoms. The van der Waals surface area contributed by atoms with Crippen molar-refractivity contribution in [2.75, 3.05) is 40.3 Å². The predicted molar refractivity (Wildman–Crippen MR) is 88.5 cm³/mol. The number of hydrogen-bond donors (Lipinski definition) is 0. The van der Waals surface area contributed by atoms with E-state index >= 15 is 0 Å². The number of amides is 1. The summed E-state index contributed by atoms with van der Waals surface area (Å²) in [6.07, 6.45) is 5.83.